The molecule has 1 aromatic carbocycles. The molecule has 142 valence electrons. The molecule has 1 atom stereocenters. The number of benzene rings is 1. The Bertz CT molecular complexity index is 898. The van der Waals surface area contributed by atoms with E-state index in [9.17, 15) is 0 Å². The molecule has 3 aromatic rings. The van der Waals surface area contributed by atoms with E-state index in [2.05, 4.69) is 66.7 Å². The van der Waals surface area contributed by atoms with Crippen LogP contribution in [0, 0.1) is 13.8 Å². The van der Waals surface area contributed by atoms with Gasteiger partial charge in [0.2, 0.25) is 5.95 Å². The summed E-state index contributed by atoms with van der Waals surface area (Å²) in [5.74, 6) is 0.883. The number of nitrogens with one attached hydrogen (secondary N) is 1. The van der Waals surface area contributed by atoms with Crippen LogP contribution in [0.3, 0.4) is 0 Å². The van der Waals surface area contributed by atoms with Crippen LogP contribution in [0.2, 0.25) is 0 Å². The summed E-state index contributed by atoms with van der Waals surface area (Å²) in [7, 11) is 0. The first-order valence-corrected chi connectivity index (χ1v) is 10.7. The minimum absolute atomic E-state index is 0.516. The molecule has 0 radical (unpaired) electrons. The van der Waals surface area contributed by atoms with Crippen LogP contribution in [0.5, 0.6) is 0 Å². The Labute approximate surface area is 165 Å². The van der Waals surface area contributed by atoms with Crippen molar-refractivity contribution in [3.8, 4) is 0 Å². The average molecular weight is 381 g/mol. The molecule has 5 heteroatoms. The first kappa shape index (κ1) is 18.4. The maximum Gasteiger partial charge on any atom is 0.226 e. The van der Waals surface area contributed by atoms with Crippen LogP contribution in [-0.4, -0.2) is 35.1 Å². The van der Waals surface area contributed by atoms with Gasteiger partial charge >= 0.3 is 0 Å². The molecular weight excluding hydrogens is 352 g/mol. The van der Waals surface area contributed by atoms with E-state index in [4.69, 9.17) is 9.97 Å². The van der Waals surface area contributed by atoms with E-state index < -0.39 is 0 Å². The first-order chi connectivity index (χ1) is 13.1. The lowest BCUT2D eigenvalue weighted by molar-refractivity contribution is 0.374. The van der Waals surface area contributed by atoms with E-state index in [0.717, 1.165) is 54.9 Å². The topological polar surface area (TPSA) is 41.1 Å². The molecule has 0 bridgehead atoms. The Balaban J connectivity index is 1.37. The van der Waals surface area contributed by atoms with Gasteiger partial charge < -0.3 is 10.2 Å². The number of anilines is 1. The number of hydrogen-bond donors (Lipinski definition) is 1. The molecule has 4 rings (SSSR count). The normalized spacial score (nSPS) is 16.8. The number of fused-ring (bicyclic) bond motifs is 1. The zero-order chi connectivity index (χ0) is 18.8. The predicted molar refractivity (Wildman–Crippen MR) is 115 cm³/mol. The highest BCUT2D eigenvalue weighted by Gasteiger charge is 2.22. The van der Waals surface area contributed by atoms with Gasteiger partial charge in [-0.2, -0.15) is 0 Å². The maximum absolute atomic E-state index is 4.83. The van der Waals surface area contributed by atoms with Gasteiger partial charge in [-0.3, -0.25) is 0 Å². The number of aromatic nitrogens is 2. The summed E-state index contributed by atoms with van der Waals surface area (Å²) < 4.78 is 0. The maximum atomic E-state index is 4.83. The van der Waals surface area contributed by atoms with Crippen molar-refractivity contribution in [3.63, 3.8) is 0 Å². The Kier molecular flexibility index (Phi) is 5.41. The van der Waals surface area contributed by atoms with E-state index in [1.54, 1.807) is 0 Å². The highest BCUT2D eigenvalue weighted by Crippen LogP contribution is 2.23. The molecule has 0 spiro atoms. The number of rotatable bonds is 5. The highest BCUT2D eigenvalue weighted by atomic mass is 32.1. The number of hydrogen-bond acceptors (Lipinski definition) is 5. The number of thiophene rings is 1. The van der Waals surface area contributed by atoms with Crippen molar-refractivity contribution >= 4 is 28.2 Å². The largest absolute Gasteiger partial charge is 0.341 e. The summed E-state index contributed by atoms with van der Waals surface area (Å²) in [5.41, 5.74) is 3.38. The van der Waals surface area contributed by atoms with Gasteiger partial charge in [0.25, 0.3) is 0 Å². The highest BCUT2D eigenvalue weighted by molar-refractivity contribution is 7.09. The summed E-state index contributed by atoms with van der Waals surface area (Å²) in [6.45, 7) is 8.53. The quantitative estimate of drug-likeness (QED) is 0.708. The molecule has 1 fully saturated rings. The first-order valence-electron chi connectivity index (χ1n) is 9.87. The fourth-order valence-corrected chi connectivity index (χ4v) is 4.79. The van der Waals surface area contributed by atoms with Gasteiger partial charge in [0, 0.05) is 35.4 Å². The Hall–Kier alpha value is -1.98. The van der Waals surface area contributed by atoms with Crippen molar-refractivity contribution in [2.75, 3.05) is 18.0 Å². The van der Waals surface area contributed by atoms with Crippen molar-refractivity contribution < 1.29 is 0 Å². The van der Waals surface area contributed by atoms with Gasteiger partial charge in [-0.1, -0.05) is 17.7 Å². The lowest BCUT2D eigenvalue weighted by atomic mass is 10.0. The SMILES string of the molecule is Cc1ccc2nc(N3CCC(NC(C)Cc4cccs4)CC3)nc(C)c2c1. The molecule has 1 aliphatic rings. The fourth-order valence-electron chi connectivity index (χ4n) is 3.96. The zero-order valence-electron chi connectivity index (χ0n) is 16.4. The second-order valence-corrected chi connectivity index (χ2v) is 8.77. The molecule has 0 amide bonds. The van der Waals surface area contributed by atoms with Gasteiger partial charge in [0.15, 0.2) is 0 Å². The summed E-state index contributed by atoms with van der Waals surface area (Å²) in [6.07, 6.45) is 3.40. The molecule has 1 saturated heterocycles. The fraction of sp³-hybridized carbons (Fsp3) is 0.455. The average Bonchev–Trinajstić information content (AvgIpc) is 3.15. The third-order valence-electron chi connectivity index (χ3n) is 5.42. The van der Waals surface area contributed by atoms with Crippen molar-refractivity contribution in [1.82, 2.24) is 15.3 Å². The van der Waals surface area contributed by atoms with E-state index >= 15 is 0 Å². The van der Waals surface area contributed by atoms with Crippen molar-refractivity contribution in [1.29, 1.82) is 0 Å². The number of nitrogens with zero attached hydrogens (tertiary/aromatic N) is 3. The summed E-state index contributed by atoms with van der Waals surface area (Å²) in [6, 6.07) is 11.9. The molecule has 2 aromatic heterocycles. The Morgan fingerprint density at radius 2 is 2.00 bits per heavy atom. The van der Waals surface area contributed by atoms with Gasteiger partial charge in [-0.15, -0.1) is 11.3 Å². The zero-order valence-corrected chi connectivity index (χ0v) is 17.2. The minimum Gasteiger partial charge on any atom is -0.341 e. The number of piperidine rings is 1. The minimum atomic E-state index is 0.516. The van der Waals surface area contributed by atoms with Crippen LogP contribution in [0.1, 0.15) is 35.9 Å². The number of aryl methyl sites for hydroxylation is 2. The lowest BCUT2D eigenvalue weighted by Crippen LogP contribution is -2.46. The van der Waals surface area contributed by atoms with Crippen LogP contribution < -0.4 is 10.2 Å². The summed E-state index contributed by atoms with van der Waals surface area (Å²) >= 11 is 1.85. The van der Waals surface area contributed by atoms with Gasteiger partial charge in [0.05, 0.1) is 11.2 Å². The van der Waals surface area contributed by atoms with Gasteiger partial charge in [-0.25, -0.2) is 9.97 Å². The molecule has 0 aliphatic carbocycles. The second kappa shape index (κ2) is 7.95. The summed E-state index contributed by atoms with van der Waals surface area (Å²) in [4.78, 5) is 13.4. The lowest BCUT2D eigenvalue weighted by Gasteiger charge is -2.34. The monoisotopic (exact) mass is 380 g/mol. The van der Waals surface area contributed by atoms with Crippen molar-refractivity contribution in [2.45, 2.75) is 52.1 Å². The van der Waals surface area contributed by atoms with Crippen LogP contribution in [-0.2, 0) is 6.42 Å². The standard InChI is InChI=1S/C22H28N4S/c1-15-6-7-21-20(13-15)17(3)24-22(25-21)26-10-8-18(9-11-26)23-16(2)14-19-5-4-12-27-19/h4-7,12-13,16,18,23H,8-11,14H2,1-3H3. The molecule has 1 N–H and O–H groups in total. The van der Waals surface area contributed by atoms with E-state index in [1.165, 1.54) is 10.4 Å². The summed E-state index contributed by atoms with van der Waals surface area (Å²) in [5, 5.41) is 7.14. The van der Waals surface area contributed by atoms with Crippen LogP contribution in [0.15, 0.2) is 35.7 Å². The van der Waals surface area contributed by atoms with Crippen molar-refractivity contribution in [3.05, 3.63) is 51.8 Å². The van der Waals surface area contributed by atoms with Crippen LogP contribution >= 0.6 is 11.3 Å². The predicted octanol–water partition coefficient (Wildman–Crippen LogP) is 4.50. The Morgan fingerprint density at radius 3 is 2.74 bits per heavy atom. The van der Waals surface area contributed by atoms with E-state index in [-0.39, 0.29) is 0 Å². The molecule has 27 heavy (non-hydrogen) atoms. The van der Waals surface area contributed by atoms with Gasteiger partial charge in [0.1, 0.15) is 0 Å². The smallest absolute Gasteiger partial charge is 0.226 e. The molecule has 1 unspecified atom stereocenters. The molecule has 3 heterocycles. The van der Waals surface area contributed by atoms with Gasteiger partial charge in [-0.05, 0) is 63.6 Å². The van der Waals surface area contributed by atoms with Crippen molar-refractivity contribution in [2.24, 2.45) is 0 Å². The molecular formula is C22H28N4S. The third-order valence-corrected chi connectivity index (χ3v) is 6.31. The van der Waals surface area contributed by atoms with E-state index in [0.29, 0.717) is 12.1 Å². The second-order valence-electron chi connectivity index (χ2n) is 7.74. The third kappa shape index (κ3) is 4.30. The molecule has 0 saturated carbocycles. The van der Waals surface area contributed by atoms with Crippen LogP contribution in [0.25, 0.3) is 10.9 Å². The molecule has 1 aliphatic heterocycles. The van der Waals surface area contributed by atoms with Crippen LogP contribution in [0.4, 0.5) is 5.95 Å². The Morgan fingerprint density at radius 1 is 1.19 bits per heavy atom. The van der Waals surface area contributed by atoms with E-state index in [1.807, 2.05) is 11.3 Å². The molecule has 4 nitrogen and oxygen atoms in total.